The van der Waals surface area contributed by atoms with Gasteiger partial charge in [0.15, 0.2) is 11.6 Å². The first-order chi connectivity index (χ1) is 11.9. The third kappa shape index (κ3) is 3.07. The largest absolute Gasteiger partial charge is 0.507 e. The number of carboxylic acids is 1. The molecule has 0 fully saturated rings. The molecule has 3 aromatic rings. The van der Waals surface area contributed by atoms with Gasteiger partial charge in [-0.2, -0.15) is 5.10 Å². The molecule has 9 heteroatoms. The molecule has 0 saturated heterocycles. The highest BCUT2D eigenvalue weighted by atomic mass is 16.5. The molecule has 0 unspecified atom stereocenters. The molecular formula is C16H14N4O5. The van der Waals surface area contributed by atoms with Crippen molar-refractivity contribution in [3.8, 4) is 11.5 Å². The predicted octanol–water partition coefficient (Wildman–Crippen LogP) is 2.11. The van der Waals surface area contributed by atoms with E-state index in [9.17, 15) is 14.7 Å². The Morgan fingerprint density at radius 2 is 2.08 bits per heavy atom. The summed E-state index contributed by atoms with van der Waals surface area (Å²) < 4.78 is 6.64. The summed E-state index contributed by atoms with van der Waals surface area (Å²) in [7, 11) is 0. The predicted molar refractivity (Wildman–Crippen MR) is 87.4 cm³/mol. The minimum absolute atomic E-state index is 0.234. The molecule has 0 aliphatic carbocycles. The van der Waals surface area contributed by atoms with Gasteiger partial charge in [-0.25, -0.2) is 14.3 Å². The van der Waals surface area contributed by atoms with Crippen molar-refractivity contribution >= 4 is 29.0 Å². The first kappa shape index (κ1) is 16.2. The Labute approximate surface area is 141 Å². The second-order valence-electron chi connectivity index (χ2n) is 5.28. The molecule has 2 heterocycles. The van der Waals surface area contributed by atoms with Gasteiger partial charge in [0, 0.05) is 18.2 Å². The minimum atomic E-state index is -1.25. The van der Waals surface area contributed by atoms with Crippen molar-refractivity contribution in [1.82, 2.24) is 14.6 Å². The monoisotopic (exact) mass is 342 g/mol. The van der Waals surface area contributed by atoms with E-state index < -0.39 is 11.9 Å². The van der Waals surface area contributed by atoms with Crippen LogP contribution in [0, 0.1) is 6.92 Å². The Balaban J connectivity index is 2.05. The van der Waals surface area contributed by atoms with Gasteiger partial charge in [0.1, 0.15) is 23.2 Å². The van der Waals surface area contributed by atoms with E-state index in [4.69, 9.17) is 9.84 Å². The lowest BCUT2D eigenvalue weighted by Gasteiger charge is -2.09. The number of benzene rings is 1. The number of rotatable bonds is 4. The average molecular weight is 342 g/mol. The molecule has 0 bridgehead atoms. The van der Waals surface area contributed by atoms with E-state index >= 15 is 0 Å². The van der Waals surface area contributed by atoms with Crippen molar-refractivity contribution in [3.63, 3.8) is 0 Å². The second-order valence-corrected chi connectivity index (χ2v) is 5.28. The summed E-state index contributed by atoms with van der Waals surface area (Å²) in [6.07, 6.45) is 2.86. The Morgan fingerprint density at radius 1 is 1.32 bits per heavy atom. The summed E-state index contributed by atoms with van der Waals surface area (Å²) in [4.78, 5) is 26.5. The van der Waals surface area contributed by atoms with Crippen LogP contribution < -0.4 is 10.1 Å². The molecule has 0 saturated carbocycles. The summed E-state index contributed by atoms with van der Waals surface area (Å²) >= 11 is 0. The number of carbonyl (C=O) groups is 2. The van der Waals surface area contributed by atoms with E-state index in [1.807, 2.05) is 0 Å². The van der Waals surface area contributed by atoms with Gasteiger partial charge in [-0.1, -0.05) is 0 Å². The van der Waals surface area contributed by atoms with Gasteiger partial charge in [0.05, 0.1) is 6.20 Å². The van der Waals surface area contributed by atoms with Crippen molar-refractivity contribution < 1.29 is 24.5 Å². The zero-order chi connectivity index (χ0) is 18.1. The lowest BCUT2D eigenvalue weighted by atomic mass is 10.1. The summed E-state index contributed by atoms with van der Waals surface area (Å²) in [5.74, 6) is -1.28. The molecule has 9 nitrogen and oxygen atoms in total. The van der Waals surface area contributed by atoms with Crippen molar-refractivity contribution in [2.45, 2.75) is 13.8 Å². The van der Waals surface area contributed by atoms with Crippen LogP contribution in [-0.2, 0) is 4.79 Å². The SMILES string of the molecule is CC(=O)Oc1cn2ncnc(Nc3ccc(O)c(C(=O)O)c3)c2c1C. The third-order valence-electron chi connectivity index (χ3n) is 3.52. The van der Waals surface area contributed by atoms with E-state index in [1.54, 1.807) is 13.1 Å². The maximum absolute atomic E-state index is 11.2. The fourth-order valence-corrected chi connectivity index (χ4v) is 2.41. The van der Waals surface area contributed by atoms with Crippen LogP contribution in [0.5, 0.6) is 11.5 Å². The number of aromatic carboxylic acids is 1. The number of aromatic nitrogens is 3. The summed E-state index contributed by atoms with van der Waals surface area (Å²) in [5, 5.41) is 25.7. The molecule has 0 spiro atoms. The number of aromatic hydroxyl groups is 1. The Morgan fingerprint density at radius 3 is 2.76 bits per heavy atom. The molecule has 0 aliphatic rings. The van der Waals surface area contributed by atoms with Crippen LogP contribution in [0.2, 0.25) is 0 Å². The van der Waals surface area contributed by atoms with Gasteiger partial charge < -0.3 is 20.3 Å². The first-order valence-corrected chi connectivity index (χ1v) is 7.21. The second kappa shape index (κ2) is 6.11. The summed E-state index contributed by atoms with van der Waals surface area (Å²) in [5.41, 5.74) is 1.41. The van der Waals surface area contributed by atoms with E-state index in [1.165, 1.54) is 36.0 Å². The number of carbonyl (C=O) groups excluding carboxylic acids is 1. The van der Waals surface area contributed by atoms with Crippen LogP contribution in [-0.4, -0.2) is 36.7 Å². The Hall–Kier alpha value is -3.62. The lowest BCUT2D eigenvalue weighted by Crippen LogP contribution is -2.02. The standard InChI is InChI=1S/C16H14N4O5/c1-8-13(25-9(2)21)6-20-14(8)15(17-7-18-20)19-10-3-4-12(22)11(5-10)16(23)24/h3-7,22H,1-2H3,(H,23,24)(H,17,18,19). The number of ether oxygens (including phenoxy) is 1. The third-order valence-corrected chi connectivity index (χ3v) is 3.52. The maximum atomic E-state index is 11.2. The normalized spacial score (nSPS) is 10.6. The number of nitrogens with zero attached hydrogens (tertiary/aromatic N) is 3. The van der Waals surface area contributed by atoms with Crippen molar-refractivity contribution in [2.24, 2.45) is 0 Å². The molecule has 0 atom stereocenters. The van der Waals surface area contributed by atoms with Gasteiger partial charge in [-0.05, 0) is 25.1 Å². The van der Waals surface area contributed by atoms with Crippen LogP contribution in [0.15, 0.2) is 30.7 Å². The molecule has 25 heavy (non-hydrogen) atoms. The molecule has 3 N–H and O–H groups in total. The quantitative estimate of drug-likeness (QED) is 0.486. The maximum Gasteiger partial charge on any atom is 0.339 e. The molecule has 1 aromatic carbocycles. The number of phenols is 1. The zero-order valence-electron chi connectivity index (χ0n) is 13.3. The van der Waals surface area contributed by atoms with Gasteiger partial charge in [-0.3, -0.25) is 4.79 Å². The number of hydrogen-bond acceptors (Lipinski definition) is 7. The molecule has 3 rings (SSSR count). The molecule has 0 amide bonds. The molecular weight excluding hydrogens is 328 g/mol. The number of esters is 1. The van der Waals surface area contributed by atoms with E-state index in [0.29, 0.717) is 28.3 Å². The molecule has 128 valence electrons. The topological polar surface area (TPSA) is 126 Å². The zero-order valence-corrected chi connectivity index (χ0v) is 13.3. The lowest BCUT2D eigenvalue weighted by molar-refractivity contribution is -0.131. The highest BCUT2D eigenvalue weighted by molar-refractivity contribution is 5.92. The van der Waals surface area contributed by atoms with E-state index in [-0.39, 0.29) is 11.3 Å². The van der Waals surface area contributed by atoms with Gasteiger partial charge >= 0.3 is 11.9 Å². The minimum Gasteiger partial charge on any atom is -0.507 e. The Bertz CT molecular complexity index is 996. The van der Waals surface area contributed by atoms with Gasteiger partial charge in [0.25, 0.3) is 0 Å². The number of fused-ring (bicyclic) bond motifs is 1. The van der Waals surface area contributed by atoms with Crippen LogP contribution in [0.3, 0.4) is 0 Å². The van der Waals surface area contributed by atoms with Crippen LogP contribution in [0.1, 0.15) is 22.8 Å². The summed E-state index contributed by atoms with van der Waals surface area (Å²) in [6.45, 7) is 3.05. The average Bonchev–Trinajstić information content (AvgIpc) is 2.85. The number of aryl methyl sites for hydroxylation is 1. The van der Waals surface area contributed by atoms with Crippen LogP contribution in [0.25, 0.3) is 5.52 Å². The fraction of sp³-hybridized carbons (Fsp3) is 0.125. The van der Waals surface area contributed by atoms with Gasteiger partial charge in [-0.15, -0.1) is 0 Å². The van der Waals surface area contributed by atoms with Crippen LogP contribution in [0.4, 0.5) is 11.5 Å². The van der Waals surface area contributed by atoms with Crippen molar-refractivity contribution in [3.05, 3.63) is 41.9 Å². The smallest absolute Gasteiger partial charge is 0.339 e. The fourth-order valence-electron chi connectivity index (χ4n) is 2.41. The number of anilines is 2. The van der Waals surface area contributed by atoms with Crippen molar-refractivity contribution in [2.75, 3.05) is 5.32 Å². The Kier molecular flexibility index (Phi) is 3.97. The highest BCUT2D eigenvalue weighted by Gasteiger charge is 2.16. The van der Waals surface area contributed by atoms with E-state index in [0.717, 1.165) is 0 Å². The van der Waals surface area contributed by atoms with Gasteiger partial charge in [0.2, 0.25) is 0 Å². The van der Waals surface area contributed by atoms with Crippen LogP contribution >= 0.6 is 0 Å². The highest BCUT2D eigenvalue weighted by Crippen LogP contribution is 2.30. The molecule has 2 aromatic heterocycles. The summed E-state index contributed by atoms with van der Waals surface area (Å²) in [6, 6.07) is 4.09. The number of carboxylic acid groups (broad SMARTS) is 1. The number of nitrogens with one attached hydrogen (secondary N) is 1. The van der Waals surface area contributed by atoms with Crippen molar-refractivity contribution in [1.29, 1.82) is 0 Å². The number of hydrogen-bond donors (Lipinski definition) is 3. The van der Waals surface area contributed by atoms with E-state index in [2.05, 4.69) is 15.4 Å². The molecule has 0 aliphatic heterocycles. The molecule has 0 radical (unpaired) electrons. The first-order valence-electron chi connectivity index (χ1n) is 7.21.